The number of para-hydroxylation sites is 2. The van der Waals surface area contributed by atoms with Crippen LogP contribution in [0.4, 0.5) is 5.69 Å². The number of rotatable bonds is 4. The first kappa shape index (κ1) is 19.5. The van der Waals surface area contributed by atoms with E-state index in [4.69, 9.17) is 4.42 Å². The molecule has 2 heterocycles. The van der Waals surface area contributed by atoms with E-state index in [2.05, 4.69) is 31.7 Å². The summed E-state index contributed by atoms with van der Waals surface area (Å²) >= 11 is 0. The molecule has 2 N–H and O–H groups in total. The average Bonchev–Trinajstić information content (AvgIpc) is 2.68. The van der Waals surface area contributed by atoms with Crippen LogP contribution < -0.4 is 15.4 Å². The highest BCUT2D eigenvalue weighted by Gasteiger charge is 2.23. The minimum Gasteiger partial charge on any atom is -0.506 e. The Morgan fingerprint density at radius 2 is 1.86 bits per heavy atom. The van der Waals surface area contributed by atoms with E-state index < -0.39 is 0 Å². The zero-order chi connectivity index (χ0) is 20.5. The minimum atomic E-state index is -0.281. The molecule has 0 bridgehead atoms. The molecule has 2 aromatic carbocycles. The smallest absolute Gasteiger partial charge is 0.336 e. The summed E-state index contributed by atoms with van der Waals surface area (Å²) in [4.78, 5) is 15.8. The van der Waals surface area contributed by atoms with Gasteiger partial charge >= 0.3 is 5.63 Å². The highest BCUT2D eigenvalue weighted by atomic mass is 16.4. The second-order valence-corrected chi connectivity index (χ2v) is 8.35. The molecule has 1 aromatic heterocycles. The van der Waals surface area contributed by atoms with Gasteiger partial charge in [-0.05, 0) is 48.2 Å². The normalized spacial score (nSPS) is 15.4. The summed E-state index contributed by atoms with van der Waals surface area (Å²) in [6.07, 6.45) is 0. The number of hydrogen-bond acceptors (Lipinski definition) is 4. The van der Waals surface area contributed by atoms with E-state index in [0.29, 0.717) is 17.3 Å². The van der Waals surface area contributed by atoms with Crippen LogP contribution in [0.15, 0.2) is 51.7 Å². The van der Waals surface area contributed by atoms with Crippen LogP contribution in [0.1, 0.15) is 36.5 Å². The zero-order valence-corrected chi connectivity index (χ0v) is 17.4. The molecule has 152 valence electrons. The van der Waals surface area contributed by atoms with Crippen molar-refractivity contribution >= 4 is 16.7 Å². The van der Waals surface area contributed by atoms with Gasteiger partial charge in [-0.2, -0.15) is 0 Å². The molecule has 5 nitrogen and oxygen atoms in total. The van der Waals surface area contributed by atoms with Gasteiger partial charge in [0.05, 0.1) is 31.9 Å². The van der Waals surface area contributed by atoms with Gasteiger partial charge in [-0.15, -0.1) is 0 Å². The van der Waals surface area contributed by atoms with Crippen LogP contribution in [0.2, 0.25) is 0 Å². The number of quaternary nitrogens is 1. The van der Waals surface area contributed by atoms with Gasteiger partial charge in [0.1, 0.15) is 17.9 Å². The van der Waals surface area contributed by atoms with Crippen LogP contribution >= 0.6 is 0 Å². The van der Waals surface area contributed by atoms with Gasteiger partial charge in [0.15, 0.2) is 0 Å². The maximum absolute atomic E-state index is 12.1. The lowest BCUT2D eigenvalue weighted by atomic mass is 9.95. The standard InChI is InChI=1S/C24H28N2O3/c1-16(2)19-14-20-18(13-24(28)29-23(20)12-17(19)3)15-25-8-10-26(11-9-25)21-6-4-5-7-22(21)27/h4-7,12-14,16,27H,8-11,15H2,1-3H3/p+1. The first-order valence-electron chi connectivity index (χ1n) is 10.4. The number of benzene rings is 2. The monoisotopic (exact) mass is 393 g/mol. The Morgan fingerprint density at radius 1 is 1.14 bits per heavy atom. The first-order valence-corrected chi connectivity index (χ1v) is 10.4. The number of piperazine rings is 1. The lowest BCUT2D eigenvalue weighted by Gasteiger charge is -2.34. The molecule has 0 atom stereocenters. The topological polar surface area (TPSA) is 58.1 Å². The molecule has 0 unspecified atom stereocenters. The number of hydrogen-bond donors (Lipinski definition) is 2. The molecule has 29 heavy (non-hydrogen) atoms. The molecular formula is C24H29N2O3+. The number of fused-ring (bicyclic) bond motifs is 1. The van der Waals surface area contributed by atoms with E-state index in [1.54, 1.807) is 12.1 Å². The molecular weight excluding hydrogens is 364 g/mol. The Balaban J connectivity index is 1.56. The summed E-state index contributed by atoms with van der Waals surface area (Å²) in [7, 11) is 0. The molecule has 0 radical (unpaired) electrons. The van der Waals surface area contributed by atoms with Gasteiger partial charge in [-0.3, -0.25) is 0 Å². The summed E-state index contributed by atoms with van der Waals surface area (Å²) in [5.74, 6) is 0.757. The van der Waals surface area contributed by atoms with Crippen molar-refractivity contribution in [3.8, 4) is 5.75 Å². The van der Waals surface area contributed by atoms with E-state index in [0.717, 1.165) is 54.9 Å². The fourth-order valence-corrected chi connectivity index (χ4v) is 4.40. The third-order valence-corrected chi connectivity index (χ3v) is 5.97. The summed E-state index contributed by atoms with van der Waals surface area (Å²) in [5.41, 5.74) is 4.82. The molecule has 1 aliphatic heterocycles. The number of phenolic OH excluding ortho intramolecular Hbond substituents is 1. The van der Waals surface area contributed by atoms with Gasteiger partial charge in [-0.25, -0.2) is 4.79 Å². The quantitative estimate of drug-likeness (QED) is 0.670. The molecule has 4 rings (SSSR count). The number of nitrogens with zero attached hydrogens (tertiary/aromatic N) is 1. The first-order chi connectivity index (χ1) is 13.9. The van der Waals surface area contributed by atoms with Crippen LogP contribution in [-0.2, 0) is 6.54 Å². The molecule has 1 fully saturated rings. The van der Waals surface area contributed by atoms with Crippen LogP contribution in [0.25, 0.3) is 11.0 Å². The van der Waals surface area contributed by atoms with E-state index in [-0.39, 0.29) is 5.63 Å². The number of nitrogens with one attached hydrogen (secondary N) is 1. The summed E-state index contributed by atoms with van der Waals surface area (Å²) in [6, 6.07) is 13.4. The lowest BCUT2D eigenvalue weighted by Crippen LogP contribution is -3.13. The second-order valence-electron chi connectivity index (χ2n) is 8.35. The Kier molecular flexibility index (Phi) is 5.33. The van der Waals surface area contributed by atoms with Gasteiger partial charge in [-0.1, -0.05) is 26.0 Å². The summed E-state index contributed by atoms with van der Waals surface area (Å²) in [6.45, 7) is 10.9. The maximum Gasteiger partial charge on any atom is 0.336 e. The van der Waals surface area contributed by atoms with Crippen LogP contribution in [-0.4, -0.2) is 31.3 Å². The van der Waals surface area contributed by atoms with E-state index >= 15 is 0 Å². The zero-order valence-electron chi connectivity index (χ0n) is 17.4. The van der Waals surface area contributed by atoms with Crippen LogP contribution in [0, 0.1) is 6.92 Å². The van der Waals surface area contributed by atoms with Gasteiger partial charge in [0.25, 0.3) is 0 Å². The third kappa shape index (κ3) is 4.01. The maximum atomic E-state index is 12.1. The van der Waals surface area contributed by atoms with E-state index in [1.807, 2.05) is 24.3 Å². The molecule has 5 heteroatoms. The van der Waals surface area contributed by atoms with Crippen molar-refractivity contribution in [2.24, 2.45) is 0 Å². The molecule has 1 aliphatic rings. The summed E-state index contributed by atoms with van der Waals surface area (Å²) < 4.78 is 5.49. The molecule has 3 aromatic rings. The van der Waals surface area contributed by atoms with Crippen molar-refractivity contribution in [1.29, 1.82) is 0 Å². The molecule has 0 spiro atoms. The highest BCUT2D eigenvalue weighted by Crippen LogP contribution is 2.27. The van der Waals surface area contributed by atoms with E-state index in [1.165, 1.54) is 10.5 Å². The Labute approximate surface area is 171 Å². The largest absolute Gasteiger partial charge is 0.506 e. The van der Waals surface area contributed by atoms with Crippen molar-refractivity contribution in [1.82, 2.24) is 0 Å². The molecule has 1 saturated heterocycles. The minimum absolute atomic E-state index is 0.281. The van der Waals surface area contributed by atoms with Crippen LogP contribution in [0.3, 0.4) is 0 Å². The van der Waals surface area contributed by atoms with Crippen molar-refractivity contribution in [3.63, 3.8) is 0 Å². The Bertz CT molecular complexity index is 1080. The predicted octanol–water partition coefficient (Wildman–Crippen LogP) is 2.84. The fourth-order valence-electron chi connectivity index (χ4n) is 4.40. The molecule has 0 amide bonds. The number of phenols is 1. The van der Waals surface area contributed by atoms with Crippen molar-refractivity contribution in [3.05, 3.63) is 69.6 Å². The number of aromatic hydroxyl groups is 1. The highest BCUT2D eigenvalue weighted by molar-refractivity contribution is 5.82. The molecule has 0 aliphatic carbocycles. The number of aryl methyl sites for hydroxylation is 1. The van der Waals surface area contributed by atoms with Crippen molar-refractivity contribution in [2.45, 2.75) is 33.2 Å². The van der Waals surface area contributed by atoms with Gasteiger partial charge < -0.3 is 19.3 Å². The van der Waals surface area contributed by atoms with Crippen LogP contribution in [0.5, 0.6) is 5.75 Å². The summed E-state index contributed by atoms with van der Waals surface area (Å²) in [5, 5.41) is 11.2. The lowest BCUT2D eigenvalue weighted by molar-refractivity contribution is -0.914. The fraction of sp³-hybridized carbons (Fsp3) is 0.375. The third-order valence-electron chi connectivity index (χ3n) is 5.97. The Morgan fingerprint density at radius 3 is 2.55 bits per heavy atom. The predicted molar refractivity (Wildman–Crippen MR) is 116 cm³/mol. The van der Waals surface area contributed by atoms with Crippen molar-refractivity contribution in [2.75, 3.05) is 31.1 Å². The second kappa shape index (κ2) is 7.91. The Hall–Kier alpha value is -2.79. The van der Waals surface area contributed by atoms with E-state index in [9.17, 15) is 9.90 Å². The van der Waals surface area contributed by atoms with Gasteiger partial charge in [0, 0.05) is 17.0 Å². The molecule has 0 saturated carbocycles. The van der Waals surface area contributed by atoms with Crippen molar-refractivity contribution < 1.29 is 14.4 Å². The van der Waals surface area contributed by atoms with Gasteiger partial charge in [0.2, 0.25) is 0 Å². The SMILES string of the molecule is Cc1cc2oc(=O)cc(C[NH+]3CCN(c4ccccc4O)CC3)c2cc1C(C)C. The number of anilines is 1. The average molecular weight is 394 g/mol.